The highest BCUT2D eigenvalue weighted by Crippen LogP contribution is 2.45. The molecule has 0 heterocycles. The number of nitrogens with one attached hydrogen (secondary N) is 1. The minimum absolute atomic E-state index is 0.0275. The summed E-state index contributed by atoms with van der Waals surface area (Å²) in [5.41, 5.74) is 0.217. The topological polar surface area (TPSA) is 38.3 Å². The number of carbonyl (C=O) groups excluding carboxylic acids is 1. The first-order valence-electron chi connectivity index (χ1n) is 6.72. The molecule has 3 nitrogen and oxygen atoms in total. The van der Waals surface area contributed by atoms with Gasteiger partial charge in [-0.3, -0.25) is 4.79 Å². The van der Waals surface area contributed by atoms with Crippen LogP contribution in [0.25, 0.3) is 0 Å². The number of halogens is 1. The molecular weight excluding hydrogens is 245 g/mol. The molecule has 0 radical (unpaired) electrons. The molecule has 1 aliphatic carbocycles. The van der Waals surface area contributed by atoms with E-state index >= 15 is 0 Å². The summed E-state index contributed by atoms with van der Waals surface area (Å²) in [6, 6.07) is 4.54. The van der Waals surface area contributed by atoms with Gasteiger partial charge in [0.15, 0.2) is 11.6 Å². The first-order chi connectivity index (χ1) is 8.94. The maximum absolute atomic E-state index is 13.8. The fourth-order valence-electron chi connectivity index (χ4n) is 1.67. The highest BCUT2D eigenvalue weighted by molar-refractivity contribution is 5.96. The van der Waals surface area contributed by atoms with Crippen LogP contribution in [0.1, 0.15) is 40.0 Å². The summed E-state index contributed by atoms with van der Waals surface area (Å²) in [6.07, 6.45) is 2.59. The molecule has 0 aliphatic heterocycles. The molecule has 1 aromatic rings. The Labute approximate surface area is 113 Å². The summed E-state index contributed by atoms with van der Waals surface area (Å²) in [5, 5.41) is 2.75. The molecule has 0 aromatic heterocycles. The van der Waals surface area contributed by atoms with Crippen LogP contribution in [-0.4, -0.2) is 12.0 Å². The fourth-order valence-corrected chi connectivity index (χ4v) is 1.67. The van der Waals surface area contributed by atoms with E-state index in [0.717, 1.165) is 19.3 Å². The van der Waals surface area contributed by atoms with E-state index in [-0.39, 0.29) is 23.2 Å². The molecule has 0 saturated heterocycles. The van der Waals surface area contributed by atoms with Crippen LogP contribution in [0.2, 0.25) is 0 Å². The van der Waals surface area contributed by atoms with E-state index in [1.54, 1.807) is 12.1 Å². The zero-order valence-corrected chi connectivity index (χ0v) is 11.6. The molecule has 19 heavy (non-hydrogen) atoms. The predicted octanol–water partition coefficient (Wildman–Crippen LogP) is 3.74. The molecule has 1 fully saturated rings. The average Bonchev–Trinajstić information content (AvgIpc) is 3.12. The van der Waals surface area contributed by atoms with Crippen LogP contribution in [0, 0.1) is 11.2 Å². The van der Waals surface area contributed by atoms with Crippen LogP contribution in [0.3, 0.4) is 0 Å². The van der Waals surface area contributed by atoms with Gasteiger partial charge in [-0.25, -0.2) is 4.39 Å². The lowest BCUT2D eigenvalue weighted by molar-refractivity contribution is -0.120. The molecule has 1 aliphatic rings. The first kappa shape index (κ1) is 13.8. The van der Waals surface area contributed by atoms with Crippen LogP contribution in [0.5, 0.6) is 5.75 Å². The second-order valence-electron chi connectivity index (χ2n) is 5.50. The number of benzene rings is 1. The SMILES string of the molecule is CCC(C)Oc1ccc(NC(=O)C2(C)CC2)cc1F. The molecule has 2 rings (SSSR count). The van der Waals surface area contributed by atoms with Crippen LogP contribution in [0.4, 0.5) is 10.1 Å². The van der Waals surface area contributed by atoms with Gasteiger partial charge in [0.25, 0.3) is 0 Å². The average molecular weight is 265 g/mol. The van der Waals surface area contributed by atoms with Gasteiger partial charge in [-0.15, -0.1) is 0 Å². The molecular formula is C15H20FNO2. The number of amides is 1. The molecule has 1 N–H and O–H groups in total. The Morgan fingerprint density at radius 3 is 2.74 bits per heavy atom. The zero-order chi connectivity index (χ0) is 14.0. The van der Waals surface area contributed by atoms with Gasteiger partial charge in [-0.05, 0) is 38.3 Å². The smallest absolute Gasteiger partial charge is 0.230 e. The number of ether oxygens (including phenoxy) is 1. The minimum atomic E-state index is -0.445. The van der Waals surface area contributed by atoms with Crippen molar-refractivity contribution in [2.24, 2.45) is 5.41 Å². The van der Waals surface area contributed by atoms with E-state index in [2.05, 4.69) is 5.32 Å². The van der Waals surface area contributed by atoms with Gasteiger partial charge >= 0.3 is 0 Å². The second-order valence-corrected chi connectivity index (χ2v) is 5.50. The molecule has 0 spiro atoms. The quantitative estimate of drug-likeness (QED) is 0.880. The summed E-state index contributed by atoms with van der Waals surface area (Å²) < 4.78 is 19.3. The fraction of sp³-hybridized carbons (Fsp3) is 0.533. The molecule has 104 valence electrons. The standard InChI is InChI=1S/C15H20FNO2/c1-4-10(2)19-13-6-5-11(9-12(13)16)17-14(18)15(3)7-8-15/h5-6,9-10H,4,7-8H2,1-3H3,(H,17,18). The molecule has 1 atom stereocenters. The lowest BCUT2D eigenvalue weighted by Crippen LogP contribution is -2.21. The minimum Gasteiger partial charge on any atom is -0.488 e. The first-order valence-corrected chi connectivity index (χ1v) is 6.72. The predicted molar refractivity (Wildman–Crippen MR) is 72.8 cm³/mol. The monoisotopic (exact) mass is 265 g/mol. The lowest BCUT2D eigenvalue weighted by atomic mass is 10.1. The Hall–Kier alpha value is -1.58. The highest BCUT2D eigenvalue weighted by Gasteiger charge is 2.44. The van der Waals surface area contributed by atoms with Crippen LogP contribution >= 0.6 is 0 Å². The van der Waals surface area contributed by atoms with Gasteiger partial charge in [0.2, 0.25) is 5.91 Å². The van der Waals surface area contributed by atoms with Crippen LogP contribution < -0.4 is 10.1 Å². The maximum atomic E-state index is 13.8. The highest BCUT2D eigenvalue weighted by atomic mass is 19.1. The van der Waals surface area contributed by atoms with Crippen molar-refractivity contribution < 1.29 is 13.9 Å². The van der Waals surface area contributed by atoms with Gasteiger partial charge in [-0.2, -0.15) is 0 Å². The normalized spacial score (nSPS) is 17.7. The van der Waals surface area contributed by atoms with E-state index in [4.69, 9.17) is 4.74 Å². The van der Waals surface area contributed by atoms with E-state index in [1.807, 2.05) is 20.8 Å². The van der Waals surface area contributed by atoms with Crippen molar-refractivity contribution in [2.45, 2.75) is 46.1 Å². The van der Waals surface area contributed by atoms with Crippen molar-refractivity contribution in [1.82, 2.24) is 0 Å². The Balaban J connectivity index is 2.04. The van der Waals surface area contributed by atoms with Crippen molar-refractivity contribution in [2.75, 3.05) is 5.32 Å². The third kappa shape index (κ3) is 3.25. The number of hydrogen-bond acceptors (Lipinski definition) is 2. The molecule has 1 aromatic carbocycles. The van der Waals surface area contributed by atoms with Crippen molar-refractivity contribution in [3.05, 3.63) is 24.0 Å². The summed E-state index contributed by atoms with van der Waals surface area (Å²) >= 11 is 0. The van der Waals surface area contributed by atoms with Crippen molar-refractivity contribution >= 4 is 11.6 Å². The Morgan fingerprint density at radius 1 is 1.53 bits per heavy atom. The number of carbonyl (C=O) groups is 1. The second kappa shape index (κ2) is 5.19. The number of hydrogen-bond donors (Lipinski definition) is 1. The van der Waals surface area contributed by atoms with Crippen LogP contribution in [0.15, 0.2) is 18.2 Å². The summed E-state index contributed by atoms with van der Waals surface area (Å²) in [7, 11) is 0. The van der Waals surface area contributed by atoms with E-state index in [0.29, 0.717) is 5.69 Å². The molecule has 1 amide bonds. The van der Waals surface area contributed by atoms with E-state index in [1.165, 1.54) is 6.07 Å². The third-order valence-corrected chi connectivity index (χ3v) is 3.64. The molecule has 1 saturated carbocycles. The van der Waals surface area contributed by atoms with Gasteiger partial charge in [0.05, 0.1) is 6.10 Å². The zero-order valence-electron chi connectivity index (χ0n) is 11.6. The Morgan fingerprint density at radius 2 is 2.21 bits per heavy atom. The Bertz CT molecular complexity index is 483. The van der Waals surface area contributed by atoms with E-state index < -0.39 is 5.82 Å². The van der Waals surface area contributed by atoms with Crippen molar-refractivity contribution in [3.8, 4) is 5.75 Å². The van der Waals surface area contributed by atoms with Crippen molar-refractivity contribution in [1.29, 1.82) is 0 Å². The summed E-state index contributed by atoms with van der Waals surface area (Å²) in [6.45, 7) is 5.79. The summed E-state index contributed by atoms with van der Waals surface area (Å²) in [4.78, 5) is 11.9. The van der Waals surface area contributed by atoms with Gasteiger partial charge in [0, 0.05) is 17.2 Å². The van der Waals surface area contributed by atoms with E-state index in [9.17, 15) is 9.18 Å². The molecule has 0 bridgehead atoms. The maximum Gasteiger partial charge on any atom is 0.230 e. The van der Waals surface area contributed by atoms with Gasteiger partial charge in [-0.1, -0.05) is 13.8 Å². The van der Waals surface area contributed by atoms with Crippen LogP contribution in [-0.2, 0) is 4.79 Å². The number of rotatable bonds is 5. The lowest BCUT2D eigenvalue weighted by Gasteiger charge is -2.15. The Kier molecular flexibility index (Phi) is 3.78. The number of anilines is 1. The van der Waals surface area contributed by atoms with Crippen molar-refractivity contribution in [3.63, 3.8) is 0 Å². The molecule has 4 heteroatoms. The third-order valence-electron chi connectivity index (χ3n) is 3.64. The summed E-state index contributed by atoms with van der Waals surface area (Å²) in [5.74, 6) is -0.258. The van der Waals surface area contributed by atoms with Gasteiger partial charge in [0.1, 0.15) is 0 Å². The van der Waals surface area contributed by atoms with Gasteiger partial charge < -0.3 is 10.1 Å². The largest absolute Gasteiger partial charge is 0.488 e. The molecule has 1 unspecified atom stereocenters.